The van der Waals surface area contributed by atoms with E-state index in [0.717, 1.165) is 23.0 Å². The van der Waals surface area contributed by atoms with Gasteiger partial charge in [-0.15, -0.1) is 0 Å². The number of alkyl halides is 5. The van der Waals surface area contributed by atoms with Gasteiger partial charge in [-0.05, 0) is 19.1 Å². The van der Waals surface area contributed by atoms with Crippen molar-refractivity contribution in [2.75, 3.05) is 5.32 Å². The van der Waals surface area contributed by atoms with Crippen molar-refractivity contribution >= 4 is 33.2 Å². The van der Waals surface area contributed by atoms with Crippen LogP contribution in [0.1, 0.15) is 29.5 Å². The molecule has 0 aliphatic heterocycles. The van der Waals surface area contributed by atoms with Crippen molar-refractivity contribution in [2.24, 2.45) is 7.05 Å². The van der Waals surface area contributed by atoms with E-state index in [9.17, 15) is 35.2 Å². The SMILES string of the molecule is CC(NS(=O)(=O)c1cn(C)c(C(=O)Nc2ccnc(C(F)F)c2)c1Cl)C(F)(F)F. The predicted molar refractivity (Wildman–Crippen MR) is 93.4 cm³/mol. The molecule has 2 aromatic rings. The molecule has 0 aliphatic carbocycles. The molecule has 1 atom stereocenters. The fourth-order valence-electron chi connectivity index (χ4n) is 2.21. The van der Waals surface area contributed by atoms with Crippen molar-refractivity contribution in [3.63, 3.8) is 0 Å². The topological polar surface area (TPSA) is 93.1 Å². The maximum atomic E-state index is 12.7. The molecular weight excluding hydrogens is 447 g/mol. The number of carbonyl (C=O) groups is 1. The van der Waals surface area contributed by atoms with Gasteiger partial charge in [-0.2, -0.15) is 17.9 Å². The number of aromatic nitrogens is 2. The number of halogens is 6. The minimum atomic E-state index is -4.84. The summed E-state index contributed by atoms with van der Waals surface area (Å²) in [6, 6.07) is -0.278. The van der Waals surface area contributed by atoms with Crippen molar-refractivity contribution in [2.45, 2.75) is 30.5 Å². The van der Waals surface area contributed by atoms with Gasteiger partial charge in [0, 0.05) is 25.1 Å². The van der Waals surface area contributed by atoms with E-state index >= 15 is 0 Å². The largest absolute Gasteiger partial charge is 0.404 e. The monoisotopic (exact) mass is 460 g/mol. The number of rotatable bonds is 6. The number of nitrogens with one attached hydrogen (secondary N) is 2. The summed E-state index contributed by atoms with van der Waals surface area (Å²) in [5.74, 6) is -0.964. The standard InChI is InChI=1S/C15H14ClF5N4O3S/c1-7(15(19,20)21)24-29(27,28)10-6-25(2)12(11(10)16)14(26)23-8-3-4-22-9(5-8)13(17)18/h3-7,13,24H,1-2H3,(H,22,23,26). The number of hydrogen-bond acceptors (Lipinski definition) is 4. The number of amides is 1. The van der Waals surface area contributed by atoms with Crippen LogP contribution in [-0.2, 0) is 17.1 Å². The Morgan fingerprint density at radius 2 is 1.93 bits per heavy atom. The molecule has 7 nitrogen and oxygen atoms in total. The van der Waals surface area contributed by atoms with Crippen LogP contribution in [0.4, 0.5) is 27.6 Å². The summed E-state index contributed by atoms with van der Waals surface area (Å²) in [5.41, 5.74) is -1.07. The molecule has 0 saturated carbocycles. The number of aryl methyl sites for hydroxylation is 1. The van der Waals surface area contributed by atoms with Crippen molar-refractivity contribution in [3.05, 3.63) is 40.9 Å². The van der Waals surface area contributed by atoms with Gasteiger partial charge in [-0.3, -0.25) is 9.78 Å². The van der Waals surface area contributed by atoms with Crippen molar-refractivity contribution in [3.8, 4) is 0 Å². The van der Waals surface area contributed by atoms with Crippen LogP contribution in [0.15, 0.2) is 29.4 Å². The van der Waals surface area contributed by atoms with E-state index in [1.807, 2.05) is 0 Å². The zero-order valence-corrected chi connectivity index (χ0v) is 16.3. The average Bonchev–Trinajstić information content (AvgIpc) is 2.89. The van der Waals surface area contributed by atoms with Crippen LogP contribution in [0.5, 0.6) is 0 Å². The summed E-state index contributed by atoms with van der Waals surface area (Å²) in [7, 11) is -3.47. The molecule has 0 bridgehead atoms. The van der Waals surface area contributed by atoms with E-state index < -0.39 is 55.9 Å². The number of pyridine rings is 1. The Labute approximate surface area is 166 Å². The normalized spacial score (nSPS) is 13.6. The average molecular weight is 461 g/mol. The molecule has 2 N–H and O–H groups in total. The molecule has 1 amide bonds. The molecule has 0 radical (unpaired) electrons. The van der Waals surface area contributed by atoms with Crippen LogP contribution in [0.25, 0.3) is 0 Å². The zero-order valence-electron chi connectivity index (χ0n) is 14.8. The van der Waals surface area contributed by atoms with Crippen LogP contribution < -0.4 is 10.0 Å². The van der Waals surface area contributed by atoms with E-state index in [-0.39, 0.29) is 5.69 Å². The number of anilines is 1. The van der Waals surface area contributed by atoms with Crippen LogP contribution in [0.3, 0.4) is 0 Å². The molecule has 0 fully saturated rings. The highest BCUT2D eigenvalue weighted by Gasteiger charge is 2.40. The van der Waals surface area contributed by atoms with Gasteiger partial charge in [0.15, 0.2) is 0 Å². The summed E-state index contributed by atoms with van der Waals surface area (Å²) in [5, 5.41) is 1.62. The molecule has 29 heavy (non-hydrogen) atoms. The van der Waals surface area contributed by atoms with Gasteiger partial charge in [-0.1, -0.05) is 11.6 Å². The van der Waals surface area contributed by atoms with Gasteiger partial charge < -0.3 is 9.88 Å². The van der Waals surface area contributed by atoms with E-state index in [1.54, 1.807) is 0 Å². The molecular formula is C15H14ClF5N4O3S. The van der Waals surface area contributed by atoms with E-state index in [2.05, 4.69) is 10.3 Å². The van der Waals surface area contributed by atoms with Gasteiger partial charge in [0.25, 0.3) is 12.3 Å². The van der Waals surface area contributed by atoms with Gasteiger partial charge in [0.05, 0.1) is 5.02 Å². The quantitative estimate of drug-likeness (QED) is 0.645. The maximum Gasteiger partial charge on any atom is 0.404 e. The Bertz CT molecular complexity index is 1020. The van der Waals surface area contributed by atoms with Gasteiger partial charge >= 0.3 is 6.18 Å². The second-order valence-corrected chi connectivity index (χ2v) is 7.94. The van der Waals surface area contributed by atoms with Gasteiger partial charge in [0.2, 0.25) is 10.0 Å². The Hall–Kier alpha value is -2.25. The molecule has 2 heterocycles. The third-order valence-corrected chi connectivity index (χ3v) is 5.72. The predicted octanol–water partition coefficient (Wildman–Crippen LogP) is 3.49. The second kappa shape index (κ2) is 8.24. The third-order valence-electron chi connectivity index (χ3n) is 3.68. The third kappa shape index (κ3) is 5.22. The van der Waals surface area contributed by atoms with Crippen molar-refractivity contribution in [1.29, 1.82) is 0 Å². The lowest BCUT2D eigenvalue weighted by Gasteiger charge is -2.16. The minimum absolute atomic E-state index is 0.0641. The molecule has 0 saturated heterocycles. The first-order valence-corrected chi connectivity index (χ1v) is 9.59. The van der Waals surface area contributed by atoms with Crippen LogP contribution in [-0.4, -0.2) is 36.1 Å². The Morgan fingerprint density at radius 3 is 2.48 bits per heavy atom. The highest BCUT2D eigenvalue weighted by Crippen LogP contribution is 2.30. The lowest BCUT2D eigenvalue weighted by Crippen LogP contribution is -2.42. The first kappa shape index (κ1) is 23.0. The molecule has 2 rings (SSSR count). The number of sulfonamides is 1. The Kier molecular flexibility index (Phi) is 6.55. The molecule has 160 valence electrons. The fraction of sp³-hybridized carbons (Fsp3) is 0.333. The fourth-order valence-corrected chi connectivity index (χ4v) is 4.14. The van der Waals surface area contributed by atoms with Crippen molar-refractivity contribution < 1.29 is 35.2 Å². The maximum absolute atomic E-state index is 12.7. The first-order valence-electron chi connectivity index (χ1n) is 7.73. The summed E-state index contributed by atoms with van der Waals surface area (Å²) in [6.07, 6.45) is -5.83. The van der Waals surface area contributed by atoms with E-state index in [1.165, 1.54) is 17.8 Å². The molecule has 2 aromatic heterocycles. The molecule has 0 spiro atoms. The lowest BCUT2D eigenvalue weighted by atomic mass is 10.3. The number of carbonyl (C=O) groups excluding carboxylic acids is 1. The lowest BCUT2D eigenvalue weighted by molar-refractivity contribution is -0.147. The Morgan fingerprint density at radius 1 is 1.31 bits per heavy atom. The zero-order chi connectivity index (χ0) is 22.1. The van der Waals surface area contributed by atoms with Crippen LogP contribution in [0, 0.1) is 0 Å². The number of hydrogen-bond donors (Lipinski definition) is 2. The van der Waals surface area contributed by atoms with Crippen LogP contribution >= 0.6 is 11.6 Å². The first-order chi connectivity index (χ1) is 13.2. The second-order valence-electron chi connectivity index (χ2n) is 5.88. The summed E-state index contributed by atoms with van der Waals surface area (Å²) < 4.78 is 90.3. The minimum Gasteiger partial charge on any atom is -0.344 e. The smallest absolute Gasteiger partial charge is 0.344 e. The van der Waals surface area contributed by atoms with Crippen LogP contribution in [0.2, 0.25) is 5.02 Å². The summed E-state index contributed by atoms with van der Waals surface area (Å²) >= 11 is 5.94. The molecule has 0 aromatic carbocycles. The molecule has 0 aliphatic rings. The summed E-state index contributed by atoms with van der Waals surface area (Å²) in [4.78, 5) is 15.1. The van der Waals surface area contributed by atoms with Crippen molar-refractivity contribution in [1.82, 2.24) is 14.3 Å². The Balaban J connectivity index is 2.33. The highest BCUT2D eigenvalue weighted by molar-refractivity contribution is 7.89. The van der Waals surface area contributed by atoms with Gasteiger partial charge in [-0.25, -0.2) is 17.2 Å². The molecule has 1 unspecified atom stereocenters. The number of nitrogens with zero attached hydrogens (tertiary/aromatic N) is 2. The van der Waals surface area contributed by atoms with E-state index in [4.69, 9.17) is 11.6 Å². The van der Waals surface area contributed by atoms with E-state index in [0.29, 0.717) is 6.92 Å². The van der Waals surface area contributed by atoms with Gasteiger partial charge in [0.1, 0.15) is 22.3 Å². The summed E-state index contributed by atoms with van der Waals surface area (Å²) in [6.45, 7) is 0.603. The molecule has 14 heteroatoms. The highest BCUT2D eigenvalue weighted by atomic mass is 35.5.